The van der Waals surface area contributed by atoms with Crippen LogP contribution >= 0.6 is 11.8 Å². The lowest BCUT2D eigenvalue weighted by atomic mass is 9.99. The van der Waals surface area contributed by atoms with Crippen molar-refractivity contribution in [1.29, 1.82) is 0 Å². The number of nitrogens with zero attached hydrogens (tertiary/aromatic N) is 2. The van der Waals surface area contributed by atoms with E-state index in [1.54, 1.807) is 13.1 Å². The molecule has 0 saturated carbocycles. The number of fused-ring (bicyclic) bond motifs is 1. The molecule has 22 heavy (non-hydrogen) atoms. The number of hydrogen-bond acceptors (Lipinski definition) is 5. The van der Waals surface area contributed by atoms with Gasteiger partial charge in [-0.25, -0.2) is 4.98 Å². The van der Waals surface area contributed by atoms with Gasteiger partial charge in [-0.05, 0) is 25.0 Å². The fourth-order valence-electron chi connectivity index (χ4n) is 2.57. The Morgan fingerprint density at radius 2 is 2.27 bits per heavy atom. The molecule has 0 radical (unpaired) electrons. The number of benzene rings is 1. The Balaban J connectivity index is 1.77. The Labute approximate surface area is 132 Å². The molecule has 1 aromatic carbocycles. The van der Waals surface area contributed by atoms with Gasteiger partial charge in [0.2, 0.25) is 0 Å². The molecule has 1 saturated heterocycles. The third-order valence-corrected chi connectivity index (χ3v) is 4.95. The molecule has 0 N–H and O–H groups in total. The molecule has 0 bridgehead atoms. The van der Waals surface area contributed by atoms with Gasteiger partial charge in [0, 0.05) is 19.6 Å². The number of ether oxygens (including phenoxy) is 1. The van der Waals surface area contributed by atoms with E-state index in [1.165, 1.54) is 16.3 Å². The van der Waals surface area contributed by atoms with Gasteiger partial charge in [-0.1, -0.05) is 23.9 Å². The fraction of sp³-hybridized carbons (Fsp3) is 0.438. The second kappa shape index (κ2) is 6.62. The fourth-order valence-corrected chi connectivity index (χ4v) is 3.52. The van der Waals surface area contributed by atoms with Gasteiger partial charge >= 0.3 is 0 Å². The topological polar surface area (TPSA) is 61.2 Å². The van der Waals surface area contributed by atoms with E-state index in [0.717, 1.165) is 19.4 Å². The highest BCUT2D eigenvalue weighted by atomic mass is 32.2. The van der Waals surface area contributed by atoms with Crippen LogP contribution in [0.2, 0.25) is 0 Å². The normalized spacial score (nSPS) is 18.5. The first-order valence-corrected chi connectivity index (χ1v) is 8.34. The van der Waals surface area contributed by atoms with Crippen LogP contribution < -0.4 is 5.56 Å². The number of rotatable bonds is 4. The molecule has 6 heteroatoms. The predicted octanol–water partition coefficient (Wildman–Crippen LogP) is 2.02. The van der Waals surface area contributed by atoms with Gasteiger partial charge in [-0.3, -0.25) is 14.2 Å². The zero-order valence-corrected chi connectivity index (χ0v) is 13.3. The smallest absolute Gasteiger partial charge is 0.261 e. The monoisotopic (exact) mass is 318 g/mol. The van der Waals surface area contributed by atoms with Crippen molar-refractivity contribution in [3.05, 3.63) is 34.6 Å². The zero-order chi connectivity index (χ0) is 15.5. The molecule has 0 spiro atoms. The van der Waals surface area contributed by atoms with Crippen molar-refractivity contribution in [1.82, 2.24) is 9.55 Å². The van der Waals surface area contributed by atoms with Gasteiger partial charge in [-0.2, -0.15) is 0 Å². The average molecular weight is 318 g/mol. The second-order valence-corrected chi connectivity index (χ2v) is 6.39. The summed E-state index contributed by atoms with van der Waals surface area (Å²) in [5, 5.41) is 1.18. The van der Waals surface area contributed by atoms with Gasteiger partial charge < -0.3 is 4.74 Å². The summed E-state index contributed by atoms with van der Waals surface area (Å²) in [5.74, 6) is 0.484. The van der Waals surface area contributed by atoms with Crippen LogP contribution in [-0.4, -0.2) is 34.3 Å². The van der Waals surface area contributed by atoms with Gasteiger partial charge in [0.05, 0.1) is 23.3 Å². The first kappa shape index (κ1) is 15.2. The van der Waals surface area contributed by atoms with Crippen molar-refractivity contribution in [3.8, 4) is 0 Å². The quantitative estimate of drug-likeness (QED) is 0.637. The van der Waals surface area contributed by atoms with Crippen molar-refractivity contribution >= 4 is 28.4 Å². The van der Waals surface area contributed by atoms with Crippen LogP contribution in [0.1, 0.15) is 12.8 Å². The molecule has 2 aromatic rings. The third-order valence-electron chi connectivity index (χ3n) is 3.90. The number of Topliss-reactive ketones (excluding diaryl/α,β-unsaturated/α-hetero) is 1. The van der Waals surface area contributed by atoms with E-state index < -0.39 is 0 Å². The summed E-state index contributed by atoms with van der Waals surface area (Å²) in [6.45, 7) is 1.27. The maximum atomic E-state index is 12.3. The van der Waals surface area contributed by atoms with Gasteiger partial charge in [0.15, 0.2) is 5.16 Å². The minimum absolute atomic E-state index is 0.0151. The van der Waals surface area contributed by atoms with Gasteiger partial charge in [-0.15, -0.1) is 0 Å². The van der Waals surface area contributed by atoms with Gasteiger partial charge in [0.25, 0.3) is 5.56 Å². The maximum Gasteiger partial charge on any atom is 0.261 e. The largest absolute Gasteiger partial charge is 0.381 e. The number of carbonyl (C=O) groups excluding carboxylic acids is 1. The highest BCUT2D eigenvalue weighted by molar-refractivity contribution is 7.99. The lowest BCUT2D eigenvalue weighted by Gasteiger charge is -2.20. The standard InChI is InChI=1S/C16H18N2O3S/c1-18-15(20)12-6-2-3-7-13(12)17-16(18)22-10-14(19)11-5-4-8-21-9-11/h2-3,6-7,11H,4-5,8-10H2,1H3. The van der Waals surface area contributed by atoms with E-state index in [0.29, 0.717) is 28.4 Å². The number of carbonyl (C=O) groups is 1. The minimum atomic E-state index is -0.0819. The molecule has 5 nitrogen and oxygen atoms in total. The Bertz CT molecular complexity index is 751. The summed E-state index contributed by atoms with van der Waals surface area (Å²) >= 11 is 1.32. The van der Waals surface area contributed by atoms with Crippen LogP contribution in [0.15, 0.2) is 34.2 Å². The highest BCUT2D eigenvalue weighted by Gasteiger charge is 2.22. The van der Waals surface area contributed by atoms with Crippen LogP contribution in [-0.2, 0) is 16.6 Å². The number of ketones is 1. The van der Waals surface area contributed by atoms with Crippen molar-refractivity contribution in [2.45, 2.75) is 18.0 Å². The van der Waals surface area contributed by atoms with E-state index in [2.05, 4.69) is 4.98 Å². The van der Waals surface area contributed by atoms with Crippen LogP contribution in [0.25, 0.3) is 10.9 Å². The molecule has 1 aliphatic rings. The first-order valence-electron chi connectivity index (χ1n) is 7.36. The Morgan fingerprint density at radius 1 is 1.45 bits per heavy atom. The molecule has 1 unspecified atom stereocenters. The maximum absolute atomic E-state index is 12.3. The van der Waals surface area contributed by atoms with Crippen molar-refractivity contribution in [2.24, 2.45) is 13.0 Å². The van der Waals surface area contributed by atoms with E-state index in [9.17, 15) is 9.59 Å². The molecule has 1 aromatic heterocycles. The van der Waals surface area contributed by atoms with Crippen LogP contribution in [0.3, 0.4) is 0 Å². The van der Waals surface area contributed by atoms with Crippen LogP contribution in [0.4, 0.5) is 0 Å². The summed E-state index contributed by atoms with van der Waals surface area (Å²) in [5.41, 5.74) is 0.586. The second-order valence-electron chi connectivity index (χ2n) is 5.44. The summed E-state index contributed by atoms with van der Waals surface area (Å²) in [6.07, 6.45) is 1.83. The molecule has 3 rings (SSSR count). The van der Waals surface area contributed by atoms with E-state index in [1.807, 2.05) is 18.2 Å². The Kier molecular flexibility index (Phi) is 4.59. The van der Waals surface area contributed by atoms with Crippen LogP contribution in [0.5, 0.6) is 0 Å². The SMILES string of the molecule is Cn1c(SCC(=O)C2CCCOC2)nc2ccccc2c1=O. The molecule has 116 valence electrons. The molecular weight excluding hydrogens is 300 g/mol. The van der Waals surface area contributed by atoms with E-state index in [-0.39, 0.29) is 17.3 Å². The summed E-state index contributed by atoms with van der Waals surface area (Å²) in [6, 6.07) is 7.26. The average Bonchev–Trinajstić information content (AvgIpc) is 2.57. The summed E-state index contributed by atoms with van der Waals surface area (Å²) < 4.78 is 6.87. The zero-order valence-electron chi connectivity index (χ0n) is 12.4. The number of aromatic nitrogens is 2. The predicted molar refractivity (Wildman–Crippen MR) is 86.3 cm³/mol. The van der Waals surface area contributed by atoms with E-state index >= 15 is 0 Å². The Hall–Kier alpha value is -1.66. The van der Waals surface area contributed by atoms with Crippen molar-refractivity contribution < 1.29 is 9.53 Å². The molecule has 0 amide bonds. The molecule has 1 aliphatic heterocycles. The lowest BCUT2D eigenvalue weighted by molar-refractivity contribution is -0.124. The molecular formula is C16H18N2O3S. The first-order chi connectivity index (χ1) is 10.7. The molecule has 1 fully saturated rings. The number of thioether (sulfide) groups is 1. The lowest BCUT2D eigenvalue weighted by Crippen LogP contribution is -2.27. The molecule has 2 heterocycles. The van der Waals surface area contributed by atoms with E-state index in [4.69, 9.17) is 4.74 Å². The van der Waals surface area contributed by atoms with Crippen molar-refractivity contribution in [3.63, 3.8) is 0 Å². The number of para-hydroxylation sites is 1. The van der Waals surface area contributed by atoms with Crippen LogP contribution in [0, 0.1) is 5.92 Å². The number of hydrogen-bond donors (Lipinski definition) is 0. The highest BCUT2D eigenvalue weighted by Crippen LogP contribution is 2.21. The third kappa shape index (κ3) is 3.08. The minimum Gasteiger partial charge on any atom is -0.381 e. The summed E-state index contributed by atoms with van der Waals surface area (Å²) in [7, 11) is 1.69. The van der Waals surface area contributed by atoms with Gasteiger partial charge in [0.1, 0.15) is 5.78 Å². The Morgan fingerprint density at radius 3 is 3.05 bits per heavy atom. The van der Waals surface area contributed by atoms with Crippen molar-refractivity contribution in [2.75, 3.05) is 19.0 Å². The molecule has 0 aliphatic carbocycles. The molecule has 1 atom stereocenters. The summed E-state index contributed by atoms with van der Waals surface area (Å²) in [4.78, 5) is 29.0.